The van der Waals surface area contributed by atoms with Gasteiger partial charge in [-0.05, 0) is 42.4 Å². The Kier molecular flexibility index (Phi) is 4.65. The highest BCUT2D eigenvalue weighted by molar-refractivity contribution is 5.97. The summed E-state index contributed by atoms with van der Waals surface area (Å²) in [7, 11) is 0. The lowest BCUT2D eigenvalue weighted by molar-refractivity contribution is 0.134. The third-order valence-corrected chi connectivity index (χ3v) is 4.08. The van der Waals surface area contributed by atoms with Crippen LogP contribution in [-0.2, 0) is 6.54 Å². The number of hydrogen-bond acceptors (Lipinski definition) is 3. The lowest BCUT2D eigenvalue weighted by atomic mass is 9.91. The second-order valence-electron chi connectivity index (χ2n) is 6.27. The largest absolute Gasteiger partial charge is 0.409 e. The summed E-state index contributed by atoms with van der Waals surface area (Å²) in [5, 5.41) is 11.8. The number of likely N-dealkylation sites (tertiary alicyclic amines) is 1. The molecule has 1 aromatic rings. The fourth-order valence-electron chi connectivity index (χ4n) is 3.25. The summed E-state index contributed by atoms with van der Waals surface area (Å²) in [6.07, 6.45) is 1.33. The number of oxime groups is 1. The maximum Gasteiger partial charge on any atom is 0.170 e. The quantitative estimate of drug-likeness (QED) is 0.386. The molecule has 0 spiro atoms. The van der Waals surface area contributed by atoms with E-state index in [0.29, 0.717) is 0 Å². The van der Waals surface area contributed by atoms with E-state index in [1.807, 2.05) is 12.1 Å². The molecule has 2 atom stereocenters. The minimum Gasteiger partial charge on any atom is -0.409 e. The zero-order valence-corrected chi connectivity index (χ0v) is 12.6. The van der Waals surface area contributed by atoms with Crippen LogP contribution in [0.25, 0.3) is 0 Å². The van der Waals surface area contributed by atoms with Gasteiger partial charge >= 0.3 is 0 Å². The van der Waals surface area contributed by atoms with E-state index in [2.05, 4.69) is 36.9 Å². The molecule has 4 heteroatoms. The van der Waals surface area contributed by atoms with Crippen LogP contribution < -0.4 is 5.73 Å². The predicted molar refractivity (Wildman–Crippen MR) is 81.9 cm³/mol. The molecular weight excluding hydrogens is 250 g/mol. The van der Waals surface area contributed by atoms with Crippen molar-refractivity contribution in [2.45, 2.75) is 33.7 Å². The molecule has 20 heavy (non-hydrogen) atoms. The van der Waals surface area contributed by atoms with Gasteiger partial charge in [0.05, 0.1) is 0 Å². The van der Waals surface area contributed by atoms with Crippen LogP contribution in [0.15, 0.2) is 23.4 Å². The maximum absolute atomic E-state index is 8.72. The molecule has 2 unspecified atom stereocenters. The second kappa shape index (κ2) is 6.27. The number of amidine groups is 1. The molecule has 0 saturated carbocycles. The number of piperidine rings is 1. The predicted octanol–water partition coefficient (Wildman–Crippen LogP) is 2.57. The SMILES string of the molecule is Cc1cc(/C(N)=N/O)ccc1CN1CC(C)CC(C)C1. The fourth-order valence-corrected chi connectivity index (χ4v) is 3.25. The van der Waals surface area contributed by atoms with Crippen molar-refractivity contribution in [3.63, 3.8) is 0 Å². The first-order chi connectivity index (χ1) is 9.49. The molecule has 0 aliphatic carbocycles. The van der Waals surface area contributed by atoms with E-state index in [4.69, 9.17) is 10.9 Å². The fraction of sp³-hybridized carbons (Fsp3) is 0.562. The van der Waals surface area contributed by atoms with Gasteiger partial charge in [-0.1, -0.05) is 31.1 Å². The molecule has 0 amide bonds. The Balaban J connectivity index is 2.10. The summed E-state index contributed by atoms with van der Waals surface area (Å²) in [5.41, 5.74) is 8.91. The number of rotatable bonds is 3. The monoisotopic (exact) mass is 275 g/mol. The number of hydrogen-bond donors (Lipinski definition) is 2. The van der Waals surface area contributed by atoms with E-state index in [-0.39, 0.29) is 5.84 Å². The summed E-state index contributed by atoms with van der Waals surface area (Å²) in [4.78, 5) is 2.53. The van der Waals surface area contributed by atoms with Crippen LogP contribution in [-0.4, -0.2) is 29.0 Å². The van der Waals surface area contributed by atoms with E-state index in [9.17, 15) is 0 Å². The van der Waals surface area contributed by atoms with Crippen LogP contribution >= 0.6 is 0 Å². The van der Waals surface area contributed by atoms with Gasteiger partial charge in [-0.2, -0.15) is 0 Å². The molecule has 3 N–H and O–H groups in total. The highest BCUT2D eigenvalue weighted by Gasteiger charge is 2.22. The van der Waals surface area contributed by atoms with Gasteiger partial charge in [0, 0.05) is 25.2 Å². The summed E-state index contributed by atoms with van der Waals surface area (Å²) in [6.45, 7) is 10.1. The van der Waals surface area contributed by atoms with Crippen molar-refractivity contribution in [3.8, 4) is 0 Å². The Morgan fingerprint density at radius 2 is 2.00 bits per heavy atom. The molecule has 1 saturated heterocycles. The van der Waals surface area contributed by atoms with Gasteiger partial charge in [-0.3, -0.25) is 4.90 Å². The molecule has 0 bridgehead atoms. The molecule has 110 valence electrons. The Hall–Kier alpha value is -1.55. The molecule has 1 fully saturated rings. The third kappa shape index (κ3) is 3.51. The van der Waals surface area contributed by atoms with Crippen molar-refractivity contribution in [3.05, 3.63) is 34.9 Å². The first-order valence-corrected chi connectivity index (χ1v) is 7.29. The zero-order valence-electron chi connectivity index (χ0n) is 12.6. The zero-order chi connectivity index (χ0) is 14.7. The van der Waals surface area contributed by atoms with Gasteiger partial charge in [-0.25, -0.2) is 0 Å². The maximum atomic E-state index is 8.72. The molecule has 1 aliphatic rings. The smallest absolute Gasteiger partial charge is 0.170 e. The molecule has 0 aromatic heterocycles. The number of benzene rings is 1. The second-order valence-corrected chi connectivity index (χ2v) is 6.27. The molecule has 1 heterocycles. The average molecular weight is 275 g/mol. The third-order valence-electron chi connectivity index (χ3n) is 4.08. The minimum absolute atomic E-state index is 0.167. The van der Waals surface area contributed by atoms with Gasteiger partial charge in [-0.15, -0.1) is 0 Å². The Labute approximate surface area is 121 Å². The summed E-state index contributed by atoms with van der Waals surface area (Å²) in [5.74, 6) is 1.71. The van der Waals surface area contributed by atoms with Crippen molar-refractivity contribution in [1.29, 1.82) is 0 Å². The normalized spacial score (nSPS) is 24.9. The first-order valence-electron chi connectivity index (χ1n) is 7.29. The average Bonchev–Trinajstić information content (AvgIpc) is 2.39. The Morgan fingerprint density at radius 3 is 2.55 bits per heavy atom. The van der Waals surface area contributed by atoms with Crippen LogP contribution in [0.3, 0.4) is 0 Å². The van der Waals surface area contributed by atoms with E-state index < -0.39 is 0 Å². The summed E-state index contributed by atoms with van der Waals surface area (Å²) < 4.78 is 0. The first kappa shape index (κ1) is 14.9. The van der Waals surface area contributed by atoms with Crippen molar-refractivity contribution in [2.24, 2.45) is 22.7 Å². The van der Waals surface area contributed by atoms with Gasteiger partial charge in [0.1, 0.15) is 0 Å². The van der Waals surface area contributed by atoms with Gasteiger partial charge in [0.25, 0.3) is 0 Å². The Bertz CT molecular complexity index is 488. The molecule has 1 aliphatic heterocycles. The topological polar surface area (TPSA) is 61.9 Å². The molecule has 2 rings (SSSR count). The van der Waals surface area contributed by atoms with Crippen LogP contribution in [0.4, 0.5) is 0 Å². The van der Waals surface area contributed by atoms with E-state index in [0.717, 1.165) is 23.9 Å². The minimum atomic E-state index is 0.167. The Morgan fingerprint density at radius 1 is 1.35 bits per heavy atom. The highest BCUT2D eigenvalue weighted by atomic mass is 16.4. The van der Waals surface area contributed by atoms with Crippen molar-refractivity contribution in [2.75, 3.05) is 13.1 Å². The van der Waals surface area contributed by atoms with Crippen molar-refractivity contribution in [1.82, 2.24) is 4.90 Å². The number of nitrogens with two attached hydrogens (primary N) is 1. The number of nitrogens with zero attached hydrogens (tertiary/aromatic N) is 2. The molecule has 0 radical (unpaired) electrons. The van der Waals surface area contributed by atoms with Crippen LogP contribution in [0.2, 0.25) is 0 Å². The van der Waals surface area contributed by atoms with E-state index in [1.54, 1.807) is 0 Å². The van der Waals surface area contributed by atoms with Gasteiger partial charge < -0.3 is 10.9 Å². The lowest BCUT2D eigenvalue weighted by Gasteiger charge is -2.35. The van der Waals surface area contributed by atoms with Crippen molar-refractivity contribution < 1.29 is 5.21 Å². The van der Waals surface area contributed by atoms with Crippen molar-refractivity contribution >= 4 is 5.84 Å². The van der Waals surface area contributed by atoms with Gasteiger partial charge in [0.15, 0.2) is 5.84 Å². The highest BCUT2D eigenvalue weighted by Crippen LogP contribution is 2.23. The molecule has 1 aromatic carbocycles. The molecule has 4 nitrogen and oxygen atoms in total. The summed E-state index contributed by atoms with van der Waals surface area (Å²) in [6, 6.07) is 6.00. The lowest BCUT2D eigenvalue weighted by Crippen LogP contribution is -2.38. The van der Waals surface area contributed by atoms with Gasteiger partial charge in [0.2, 0.25) is 0 Å². The standard InChI is InChI=1S/C16H25N3O/c1-11-6-12(2)9-19(8-11)10-15-5-4-14(7-13(15)3)16(17)18-20/h4-5,7,11-12,20H,6,8-10H2,1-3H3,(H2,17,18). The number of aryl methyl sites for hydroxylation is 1. The van der Waals surface area contributed by atoms with E-state index >= 15 is 0 Å². The molecular formula is C16H25N3O. The van der Waals surface area contributed by atoms with Crippen LogP contribution in [0.5, 0.6) is 0 Å². The van der Waals surface area contributed by atoms with Crippen LogP contribution in [0.1, 0.15) is 37.0 Å². The summed E-state index contributed by atoms with van der Waals surface area (Å²) >= 11 is 0. The van der Waals surface area contributed by atoms with E-state index in [1.165, 1.54) is 30.6 Å². The van der Waals surface area contributed by atoms with Crippen LogP contribution in [0, 0.1) is 18.8 Å².